The Balaban J connectivity index is 1.44. The molecule has 0 heterocycles. The molecule has 1 aliphatic carbocycles. The number of ether oxygens (including phenoxy) is 1. The third-order valence-corrected chi connectivity index (χ3v) is 8.17. The van der Waals surface area contributed by atoms with Crippen LogP contribution in [-0.4, -0.2) is 38.1 Å². The minimum Gasteiger partial charge on any atom is -0.494 e. The Labute approximate surface area is 232 Å². The summed E-state index contributed by atoms with van der Waals surface area (Å²) < 4.78 is 28.6. The summed E-state index contributed by atoms with van der Waals surface area (Å²) in [4.78, 5) is 11.2. The molecule has 0 radical (unpaired) electrons. The van der Waals surface area contributed by atoms with E-state index in [-0.39, 0.29) is 18.1 Å². The lowest BCUT2D eigenvalue weighted by atomic mass is 9.92. The van der Waals surface area contributed by atoms with Gasteiger partial charge in [0.2, 0.25) is 0 Å². The molecule has 0 aromatic heterocycles. The lowest BCUT2D eigenvalue weighted by Crippen LogP contribution is -2.08. The van der Waals surface area contributed by atoms with Gasteiger partial charge in [0, 0.05) is 6.26 Å². The van der Waals surface area contributed by atoms with E-state index in [9.17, 15) is 18.3 Å². The maximum atomic E-state index is 11.4. The van der Waals surface area contributed by atoms with E-state index in [4.69, 9.17) is 4.74 Å². The second-order valence-electron chi connectivity index (χ2n) is 10.3. The third-order valence-electron chi connectivity index (χ3n) is 7.14. The molecule has 6 heteroatoms. The lowest BCUT2D eigenvalue weighted by Gasteiger charge is -2.14. The molecule has 5 nitrogen and oxygen atoms in total. The number of fused-ring (bicyclic) bond motifs is 3. The topological polar surface area (TPSA) is 80.7 Å². The van der Waals surface area contributed by atoms with Gasteiger partial charge in [-0.15, -0.1) is 5.92 Å². The normalized spacial score (nSPS) is 13.3. The number of rotatable bonds is 11. The minimum absolute atomic E-state index is 0.00753. The van der Waals surface area contributed by atoms with Crippen molar-refractivity contribution in [1.29, 1.82) is 0 Å². The first-order chi connectivity index (χ1) is 18.7. The average Bonchev–Trinajstić information content (AvgIpc) is 3.08. The van der Waals surface area contributed by atoms with Crippen molar-refractivity contribution in [3.63, 3.8) is 0 Å². The molecule has 1 aliphatic rings. The predicted octanol–water partition coefficient (Wildman–Crippen LogP) is 6.02. The van der Waals surface area contributed by atoms with Crippen LogP contribution in [0.1, 0.15) is 59.9 Å². The van der Waals surface area contributed by atoms with Gasteiger partial charge in [0.15, 0.2) is 0 Å². The van der Waals surface area contributed by atoms with E-state index in [2.05, 4.69) is 54.3 Å². The summed E-state index contributed by atoms with van der Waals surface area (Å²) in [5.41, 5.74) is 8.61. The number of sulfone groups is 1. The van der Waals surface area contributed by atoms with Gasteiger partial charge in [-0.3, -0.25) is 4.79 Å². The Morgan fingerprint density at radius 3 is 2.38 bits per heavy atom. The highest BCUT2D eigenvalue weighted by Crippen LogP contribution is 2.35. The number of hydrogen-bond donors (Lipinski definition) is 1. The second-order valence-corrected chi connectivity index (χ2v) is 12.5. The van der Waals surface area contributed by atoms with Gasteiger partial charge in [0.05, 0.1) is 24.7 Å². The molecule has 0 amide bonds. The molecule has 204 valence electrons. The van der Waals surface area contributed by atoms with E-state index in [1.807, 2.05) is 18.2 Å². The lowest BCUT2D eigenvalue weighted by molar-refractivity contribution is -0.137. The fourth-order valence-corrected chi connectivity index (χ4v) is 5.81. The molecule has 1 N–H and O–H groups in total. The Morgan fingerprint density at radius 1 is 0.949 bits per heavy atom. The van der Waals surface area contributed by atoms with Crippen LogP contribution in [0.3, 0.4) is 0 Å². The van der Waals surface area contributed by atoms with Crippen LogP contribution in [0.25, 0.3) is 11.1 Å². The summed E-state index contributed by atoms with van der Waals surface area (Å²) in [5.74, 6) is 5.66. The van der Waals surface area contributed by atoms with Gasteiger partial charge < -0.3 is 9.84 Å². The van der Waals surface area contributed by atoms with Crippen LogP contribution < -0.4 is 4.74 Å². The average molecular weight is 545 g/mol. The molecule has 4 rings (SSSR count). The van der Waals surface area contributed by atoms with E-state index in [0.717, 1.165) is 43.4 Å². The number of aryl methyl sites for hydroxylation is 4. The number of hydrogen-bond acceptors (Lipinski definition) is 4. The van der Waals surface area contributed by atoms with Crippen molar-refractivity contribution >= 4 is 15.8 Å². The Bertz CT molecular complexity index is 1480. The van der Waals surface area contributed by atoms with Crippen LogP contribution in [0, 0.1) is 11.8 Å². The van der Waals surface area contributed by atoms with Crippen LogP contribution in [0.2, 0.25) is 0 Å². The van der Waals surface area contributed by atoms with Crippen LogP contribution in [-0.2, 0) is 40.3 Å². The minimum atomic E-state index is -2.97. The molecule has 1 atom stereocenters. The largest absolute Gasteiger partial charge is 0.494 e. The van der Waals surface area contributed by atoms with Crippen LogP contribution in [0.15, 0.2) is 60.7 Å². The smallest absolute Gasteiger partial charge is 0.304 e. The molecule has 0 saturated heterocycles. The van der Waals surface area contributed by atoms with Gasteiger partial charge >= 0.3 is 5.97 Å². The van der Waals surface area contributed by atoms with Crippen molar-refractivity contribution in [1.82, 2.24) is 0 Å². The van der Waals surface area contributed by atoms with Crippen molar-refractivity contribution in [2.24, 2.45) is 0 Å². The zero-order chi connectivity index (χ0) is 27.8. The summed E-state index contributed by atoms with van der Waals surface area (Å²) in [6.07, 6.45) is 6.65. The third kappa shape index (κ3) is 8.21. The predicted molar refractivity (Wildman–Crippen MR) is 156 cm³/mol. The van der Waals surface area contributed by atoms with Gasteiger partial charge in [-0.2, -0.15) is 0 Å². The molecule has 0 bridgehead atoms. The first-order valence-corrected chi connectivity index (χ1v) is 15.6. The Hall–Kier alpha value is -3.56. The number of benzene rings is 3. The molecule has 39 heavy (non-hydrogen) atoms. The first kappa shape index (κ1) is 28.4. The van der Waals surface area contributed by atoms with E-state index < -0.39 is 15.8 Å². The highest BCUT2D eigenvalue weighted by atomic mass is 32.2. The highest BCUT2D eigenvalue weighted by Gasteiger charge is 2.17. The highest BCUT2D eigenvalue weighted by molar-refractivity contribution is 7.90. The number of carboxylic acids is 1. The van der Waals surface area contributed by atoms with Gasteiger partial charge in [0.25, 0.3) is 0 Å². The molecule has 0 unspecified atom stereocenters. The van der Waals surface area contributed by atoms with Gasteiger partial charge in [-0.1, -0.05) is 54.5 Å². The number of aliphatic carboxylic acids is 1. The van der Waals surface area contributed by atoms with Crippen molar-refractivity contribution in [2.45, 2.75) is 57.8 Å². The molecule has 3 aromatic carbocycles. The summed E-state index contributed by atoms with van der Waals surface area (Å²) in [6.45, 7) is 2.12. The van der Waals surface area contributed by atoms with Crippen LogP contribution >= 0.6 is 0 Å². The number of carbonyl (C=O) groups is 1. The molecular weight excluding hydrogens is 508 g/mol. The van der Waals surface area contributed by atoms with Gasteiger partial charge in [-0.25, -0.2) is 8.42 Å². The number of carboxylic acid groups (broad SMARTS) is 1. The molecule has 0 aliphatic heterocycles. The summed E-state index contributed by atoms with van der Waals surface area (Å²) >= 11 is 0. The van der Waals surface area contributed by atoms with Crippen LogP contribution in [0.4, 0.5) is 0 Å². The summed E-state index contributed by atoms with van der Waals surface area (Å²) in [5, 5.41) is 9.19. The van der Waals surface area contributed by atoms with Crippen LogP contribution in [0.5, 0.6) is 5.75 Å². The van der Waals surface area contributed by atoms with Crippen molar-refractivity contribution in [3.8, 4) is 28.7 Å². The molecule has 0 fully saturated rings. The molecule has 0 saturated carbocycles. The summed E-state index contributed by atoms with van der Waals surface area (Å²) in [6, 6.07) is 21.2. The second kappa shape index (κ2) is 13.0. The Kier molecular flexibility index (Phi) is 9.48. The van der Waals surface area contributed by atoms with Crippen molar-refractivity contribution < 1.29 is 23.1 Å². The van der Waals surface area contributed by atoms with E-state index in [1.54, 1.807) is 6.92 Å². The monoisotopic (exact) mass is 544 g/mol. The Morgan fingerprint density at radius 2 is 1.67 bits per heavy atom. The SMILES string of the molecule is CC#C[C@@H](CC(=O)O)c1ccc(CCc2ccc3c(c2)-c2ccc(OCCCS(C)(=O)=O)cc2CCC3)cc1. The first-order valence-electron chi connectivity index (χ1n) is 13.5. The molecular formula is C33H36O5S. The maximum Gasteiger partial charge on any atom is 0.304 e. The van der Waals surface area contributed by atoms with Crippen molar-refractivity contribution in [3.05, 3.63) is 88.5 Å². The van der Waals surface area contributed by atoms with Gasteiger partial charge in [0.1, 0.15) is 15.6 Å². The van der Waals surface area contributed by atoms with Gasteiger partial charge in [-0.05, 0) is 96.5 Å². The quantitative estimate of drug-likeness (QED) is 0.236. The maximum absolute atomic E-state index is 11.4. The fourth-order valence-electron chi connectivity index (χ4n) is 5.16. The zero-order valence-electron chi connectivity index (χ0n) is 22.7. The standard InChI is InChI=1S/C33H36O5S/c1-3-6-28(23-33(34)35)26-14-11-24(12-15-26)9-10-25-13-16-27-7-4-8-29-22-30(17-18-31(29)32(27)21-25)38-19-5-20-39(2,36)37/h11-18,21-22,28H,4-5,7-10,19-20,23H2,1-2H3,(H,34,35)/t28-/m0/s1. The fraction of sp³-hybridized carbons (Fsp3) is 0.364. The van der Waals surface area contributed by atoms with E-state index in [0.29, 0.717) is 13.0 Å². The van der Waals surface area contributed by atoms with E-state index >= 15 is 0 Å². The summed E-state index contributed by atoms with van der Waals surface area (Å²) in [7, 11) is -2.97. The molecule has 0 spiro atoms. The van der Waals surface area contributed by atoms with E-state index in [1.165, 1.54) is 39.6 Å². The zero-order valence-corrected chi connectivity index (χ0v) is 23.5. The van der Waals surface area contributed by atoms with Crippen molar-refractivity contribution in [2.75, 3.05) is 18.6 Å². The molecule has 3 aromatic rings.